The monoisotopic (exact) mass is 1020 g/mol. The number of hydrogen-bond donors (Lipinski definition) is 2. The molecular formula is C55H71N9O8S. The topological polar surface area (TPSA) is 165 Å². The molecule has 10 aliphatic rings. The Morgan fingerprint density at radius 3 is 2.48 bits per heavy atom. The molecule has 6 saturated heterocycles. The van der Waals surface area contributed by atoms with E-state index in [2.05, 4.69) is 87.3 Å². The van der Waals surface area contributed by atoms with E-state index in [1.807, 2.05) is 13.1 Å². The van der Waals surface area contributed by atoms with Gasteiger partial charge < -0.3 is 38.5 Å². The summed E-state index contributed by atoms with van der Waals surface area (Å²) in [4.78, 5) is 62.3. The number of esters is 1. The summed E-state index contributed by atoms with van der Waals surface area (Å²) in [5.41, 5.74) is 9.85. The van der Waals surface area contributed by atoms with Gasteiger partial charge in [0.2, 0.25) is 0 Å². The Hall–Kier alpha value is -4.53. The van der Waals surface area contributed by atoms with Gasteiger partial charge in [-0.25, -0.2) is 10.4 Å². The first-order valence-corrected chi connectivity index (χ1v) is 28.0. The number of benzene rings is 1. The molecule has 11 heterocycles. The minimum atomic E-state index is -1.02. The highest BCUT2D eigenvalue weighted by molar-refractivity contribution is 7.10. The van der Waals surface area contributed by atoms with Crippen LogP contribution in [0.1, 0.15) is 102 Å². The highest BCUT2D eigenvalue weighted by Gasteiger charge is 2.62. The number of amides is 2. The summed E-state index contributed by atoms with van der Waals surface area (Å²) in [5.74, 6) is -0.656. The second kappa shape index (κ2) is 18.3. The Morgan fingerprint density at radius 1 is 0.932 bits per heavy atom. The van der Waals surface area contributed by atoms with E-state index in [9.17, 15) is 9.59 Å². The third kappa shape index (κ3) is 8.69. The van der Waals surface area contributed by atoms with Gasteiger partial charge in [0, 0.05) is 96.6 Å². The normalized spacial score (nSPS) is 32.6. The smallest absolute Gasteiger partial charge is 0.324 e. The number of thiazole rings is 1. The molecular weight excluding hydrogens is 947 g/mol. The van der Waals surface area contributed by atoms with Crippen molar-refractivity contribution < 1.29 is 38.1 Å². The Bertz CT molecular complexity index is 2800. The second-order valence-corrected chi connectivity index (χ2v) is 24.8. The number of aromatic nitrogens is 3. The minimum absolute atomic E-state index is 0.0113. The Balaban J connectivity index is 0.952. The number of hydrazine groups is 1. The van der Waals surface area contributed by atoms with Crippen LogP contribution in [0.5, 0.6) is 0 Å². The van der Waals surface area contributed by atoms with Crippen molar-refractivity contribution in [1.29, 1.82) is 0 Å². The van der Waals surface area contributed by atoms with Gasteiger partial charge in [0.05, 0.1) is 86.4 Å². The summed E-state index contributed by atoms with van der Waals surface area (Å²) < 4.78 is 33.8. The van der Waals surface area contributed by atoms with Crippen molar-refractivity contribution >= 4 is 45.7 Å². The molecule has 14 rings (SSSR count). The zero-order valence-electron chi connectivity index (χ0n) is 43.0. The van der Waals surface area contributed by atoms with E-state index in [0.29, 0.717) is 90.6 Å². The van der Waals surface area contributed by atoms with Crippen molar-refractivity contribution in [2.45, 2.75) is 134 Å². The maximum Gasteiger partial charge on any atom is 0.324 e. The molecule has 8 fully saturated rings. The van der Waals surface area contributed by atoms with Crippen LogP contribution in [0.15, 0.2) is 35.8 Å². The van der Waals surface area contributed by atoms with Crippen LogP contribution >= 0.6 is 11.3 Å². The number of nitrogens with zero attached hydrogens (tertiary/aromatic N) is 7. The molecule has 3 aromatic heterocycles. The van der Waals surface area contributed by atoms with Gasteiger partial charge in [0.25, 0.3) is 11.8 Å². The Labute approximate surface area is 431 Å². The van der Waals surface area contributed by atoms with Crippen LogP contribution in [0, 0.1) is 16.7 Å². The molecule has 8 aliphatic heterocycles. The zero-order valence-corrected chi connectivity index (χ0v) is 43.8. The number of cyclic esters (lactones) is 1. The summed E-state index contributed by atoms with van der Waals surface area (Å²) >= 11 is 1.52. The van der Waals surface area contributed by atoms with Gasteiger partial charge >= 0.3 is 5.97 Å². The third-order valence-corrected chi connectivity index (χ3v) is 18.6. The lowest BCUT2D eigenvalue weighted by Crippen LogP contribution is -2.70. The first-order chi connectivity index (χ1) is 35.2. The zero-order chi connectivity index (χ0) is 50.0. The van der Waals surface area contributed by atoms with Crippen LogP contribution in [0.25, 0.3) is 33.4 Å². The van der Waals surface area contributed by atoms with E-state index in [1.165, 1.54) is 24.2 Å². The van der Waals surface area contributed by atoms with Crippen LogP contribution in [-0.4, -0.2) is 162 Å². The molecule has 2 aliphatic carbocycles. The lowest BCUT2D eigenvalue weighted by molar-refractivity contribution is -0.203. The molecule has 2 saturated carbocycles. The van der Waals surface area contributed by atoms with E-state index in [1.54, 1.807) is 5.01 Å². The lowest BCUT2D eigenvalue weighted by atomic mass is 9.72. The first-order valence-electron chi connectivity index (χ1n) is 27.1. The first kappa shape index (κ1) is 48.1. The number of ether oxygens (including phenoxy) is 5. The summed E-state index contributed by atoms with van der Waals surface area (Å²) in [7, 11) is 0. The molecule has 2 amide bonds. The molecule has 18 heteroatoms. The quantitative estimate of drug-likeness (QED) is 0.236. The number of hydrogen-bond acceptors (Lipinski definition) is 15. The molecule has 0 radical (unpaired) electrons. The number of pyridine rings is 1. The predicted octanol–water partition coefficient (Wildman–Crippen LogP) is 5.65. The molecule has 1 aromatic carbocycles. The van der Waals surface area contributed by atoms with E-state index in [-0.39, 0.29) is 42.1 Å². The SMILES string of the molecule is C[C@@H]1OC[C@H](C)OCCn2c(c3c4cc(ccc42)-c2csc(n2)[C@@H](N2CC4(COC4)C2)[C@H](NC(=O)C24CC(C2)[C@H](C)O4)C(=O)N2CCC[C@H](N2)C(=O)OCC(C)(C)C3)-c2cc(N3CCN(C4CC4)CC3)cnc21. The fourth-order valence-electron chi connectivity index (χ4n) is 13.3. The highest BCUT2D eigenvalue weighted by Crippen LogP contribution is 2.53. The molecule has 4 aromatic rings. The number of piperazine rings is 1. The van der Waals surface area contributed by atoms with Crippen LogP contribution in [-0.2, 0) is 51.0 Å². The molecule has 8 bridgehead atoms. The maximum atomic E-state index is 15.3. The van der Waals surface area contributed by atoms with Crippen molar-refractivity contribution in [2.75, 3.05) is 83.7 Å². The largest absolute Gasteiger partial charge is 0.464 e. The summed E-state index contributed by atoms with van der Waals surface area (Å²) in [5, 5.41) is 8.74. The van der Waals surface area contributed by atoms with Crippen molar-refractivity contribution in [3.63, 3.8) is 0 Å². The van der Waals surface area contributed by atoms with Crippen molar-refractivity contribution in [3.05, 3.63) is 52.1 Å². The van der Waals surface area contributed by atoms with Gasteiger partial charge in [0.1, 0.15) is 22.7 Å². The van der Waals surface area contributed by atoms with Crippen molar-refractivity contribution in [2.24, 2.45) is 16.7 Å². The number of carbonyl (C=O) groups excluding carboxylic acids is 3. The van der Waals surface area contributed by atoms with E-state index >= 15 is 4.79 Å². The van der Waals surface area contributed by atoms with Gasteiger partial charge in [-0.05, 0) is 95.4 Å². The fourth-order valence-corrected chi connectivity index (χ4v) is 14.3. The molecule has 0 unspecified atom stereocenters. The van der Waals surface area contributed by atoms with Gasteiger partial charge in [0.15, 0.2) is 0 Å². The van der Waals surface area contributed by atoms with Gasteiger partial charge in [-0.15, -0.1) is 11.3 Å². The van der Waals surface area contributed by atoms with E-state index in [0.717, 1.165) is 87.6 Å². The van der Waals surface area contributed by atoms with Gasteiger partial charge in [-0.2, -0.15) is 0 Å². The molecule has 6 atom stereocenters. The fraction of sp³-hybridized carbons (Fsp3) is 0.655. The average Bonchev–Trinajstić information content (AvgIpc) is 3.72. The second-order valence-electron chi connectivity index (χ2n) is 23.9. The van der Waals surface area contributed by atoms with Crippen LogP contribution in [0.2, 0.25) is 0 Å². The molecule has 390 valence electrons. The lowest BCUT2D eigenvalue weighted by Gasteiger charge is -2.58. The highest BCUT2D eigenvalue weighted by atomic mass is 32.1. The number of carbonyl (C=O) groups is 3. The van der Waals surface area contributed by atoms with Crippen molar-refractivity contribution in [3.8, 4) is 22.5 Å². The van der Waals surface area contributed by atoms with Gasteiger partial charge in [-0.3, -0.25) is 34.2 Å². The maximum absolute atomic E-state index is 15.3. The number of anilines is 1. The predicted molar refractivity (Wildman–Crippen MR) is 275 cm³/mol. The average molecular weight is 1020 g/mol. The molecule has 73 heavy (non-hydrogen) atoms. The summed E-state index contributed by atoms with van der Waals surface area (Å²) in [6, 6.07) is 7.36. The summed E-state index contributed by atoms with van der Waals surface area (Å²) in [6.45, 7) is 19.3. The van der Waals surface area contributed by atoms with Crippen LogP contribution in [0.3, 0.4) is 0 Å². The standard InChI is InChI=1S/C55H71N9O8S/c1-32-25-70-34(3)45-40(20-38(24-56-45)61-15-13-60(14-16-61)37-9-10-37)47-41-23-53(4,5)29-71-51(66)42-7-6-12-64(59-42)50(65)46(58-52(67)55-21-36(22-55)33(2)72-55)48(62-27-54(28-62)30-68-31-54)49-57-43(26-73-49)35-8-11-44(39(41)19-35)63(47)17-18-69-32/h8,11,19-20,24,26,32-34,36-37,42,46,48,59H,6-7,9-10,12-18,21-23,25,27-31H2,1-5H3,(H,58,67)/t32-,33-,34-,36?,42-,46-,48-,55?/m0/s1. The number of nitrogens with one attached hydrogen (secondary N) is 2. The van der Waals surface area contributed by atoms with Gasteiger partial charge in [-0.1, -0.05) is 19.9 Å². The number of likely N-dealkylation sites (tertiary alicyclic amines) is 1. The number of fused-ring (bicyclic) bond motifs is 12. The number of rotatable bonds is 5. The van der Waals surface area contributed by atoms with Crippen molar-refractivity contribution in [1.82, 2.24) is 40.1 Å². The third-order valence-electron chi connectivity index (χ3n) is 17.6. The Morgan fingerprint density at radius 2 is 1.74 bits per heavy atom. The van der Waals surface area contributed by atoms with Crippen LogP contribution in [0.4, 0.5) is 5.69 Å². The molecule has 17 nitrogen and oxygen atoms in total. The van der Waals surface area contributed by atoms with E-state index in [4.69, 9.17) is 33.7 Å². The molecule has 2 N–H and O–H groups in total. The minimum Gasteiger partial charge on any atom is -0.464 e. The van der Waals surface area contributed by atoms with E-state index < -0.39 is 35.1 Å². The van der Waals surface area contributed by atoms with Crippen LogP contribution < -0.4 is 15.6 Å². The Kier molecular flexibility index (Phi) is 12.1. The molecule has 1 spiro atoms. The summed E-state index contributed by atoms with van der Waals surface area (Å²) in [6.07, 6.45) is 7.14.